The largest absolute Gasteiger partial charge is 0.347 e. The van der Waals surface area contributed by atoms with E-state index in [9.17, 15) is 4.79 Å². The molecule has 2 aromatic carbocycles. The molecule has 0 saturated carbocycles. The minimum atomic E-state index is -0.0732. The van der Waals surface area contributed by atoms with Gasteiger partial charge in [0.2, 0.25) is 0 Å². The molecular weight excluding hydrogens is 322 g/mol. The number of hydrogen-bond donors (Lipinski definition) is 1. The molecule has 122 valence electrons. The maximum Gasteiger partial charge on any atom is 0.322 e. The van der Waals surface area contributed by atoms with Crippen LogP contribution in [0, 0.1) is 0 Å². The van der Waals surface area contributed by atoms with Crippen molar-refractivity contribution < 1.29 is 4.79 Å². The van der Waals surface area contributed by atoms with Gasteiger partial charge in [-0.25, -0.2) is 4.79 Å². The van der Waals surface area contributed by atoms with Crippen molar-refractivity contribution in [1.29, 1.82) is 0 Å². The van der Waals surface area contributed by atoms with Gasteiger partial charge < -0.3 is 14.8 Å². The first-order valence-electron chi connectivity index (χ1n) is 8.00. The van der Waals surface area contributed by atoms with Crippen LogP contribution in [0.3, 0.4) is 0 Å². The summed E-state index contributed by atoms with van der Waals surface area (Å²) in [6, 6.07) is 15.5. The monoisotopic (exact) mass is 339 g/mol. The number of carbonyl (C=O) groups is 1. The molecule has 1 aromatic heterocycles. The number of nitrogens with one attached hydrogen (secondary N) is 1. The molecule has 3 aromatic rings. The number of anilines is 1. The highest BCUT2D eigenvalue weighted by Crippen LogP contribution is 2.30. The van der Waals surface area contributed by atoms with E-state index in [1.807, 2.05) is 17.0 Å². The van der Waals surface area contributed by atoms with E-state index in [-0.39, 0.29) is 6.03 Å². The van der Waals surface area contributed by atoms with E-state index in [2.05, 4.69) is 41.2 Å². The van der Waals surface area contributed by atoms with Crippen molar-refractivity contribution in [3.8, 4) is 0 Å². The molecule has 0 aliphatic carbocycles. The number of rotatable bonds is 1. The molecule has 0 spiro atoms. The molecule has 4 rings (SSSR count). The molecule has 0 fully saturated rings. The van der Waals surface area contributed by atoms with Crippen LogP contribution >= 0.6 is 11.6 Å². The van der Waals surface area contributed by atoms with Crippen molar-refractivity contribution >= 4 is 34.2 Å². The molecule has 1 aliphatic heterocycles. The molecule has 0 radical (unpaired) electrons. The van der Waals surface area contributed by atoms with Gasteiger partial charge in [0, 0.05) is 59.4 Å². The molecular formula is C19H18ClN3O. The predicted molar refractivity (Wildman–Crippen MR) is 97.5 cm³/mol. The van der Waals surface area contributed by atoms with E-state index in [1.165, 1.54) is 22.2 Å². The van der Waals surface area contributed by atoms with Crippen molar-refractivity contribution in [1.82, 2.24) is 9.47 Å². The van der Waals surface area contributed by atoms with Crippen LogP contribution in [0.25, 0.3) is 10.9 Å². The minimum absolute atomic E-state index is 0.0732. The highest BCUT2D eigenvalue weighted by molar-refractivity contribution is 6.30. The van der Waals surface area contributed by atoms with Gasteiger partial charge in [0.05, 0.1) is 0 Å². The van der Waals surface area contributed by atoms with Gasteiger partial charge in [-0.2, -0.15) is 0 Å². The van der Waals surface area contributed by atoms with E-state index in [0.717, 1.165) is 18.7 Å². The third-order valence-electron chi connectivity index (χ3n) is 4.69. The van der Waals surface area contributed by atoms with Crippen LogP contribution in [-0.2, 0) is 20.0 Å². The van der Waals surface area contributed by atoms with Crippen LogP contribution in [0.5, 0.6) is 0 Å². The van der Waals surface area contributed by atoms with Gasteiger partial charge in [-0.1, -0.05) is 29.8 Å². The Bertz CT molecular complexity index is 914. The van der Waals surface area contributed by atoms with Crippen molar-refractivity contribution in [2.24, 2.45) is 7.05 Å². The smallest absolute Gasteiger partial charge is 0.322 e. The topological polar surface area (TPSA) is 37.3 Å². The average Bonchev–Trinajstić information content (AvgIpc) is 2.90. The second-order valence-electron chi connectivity index (χ2n) is 6.11. The summed E-state index contributed by atoms with van der Waals surface area (Å²) in [5.41, 5.74) is 4.56. The lowest BCUT2D eigenvalue weighted by Crippen LogP contribution is -2.39. The number of aromatic nitrogens is 1. The Kier molecular flexibility index (Phi) is 3.69. The number of hydrogen-bond acceptors (Lipinski definition) is 1. The van der Waals surface area contributed by atoms with Crippen LogP contribution < -0.4 is 5.32 Å². The van der Waals surface area contributed by atoms with Gasteiger partial charge in [-0.3, -0.25) is 0 Å². The van der Waals surface area contributed by atoms with Gasteiger partial charge in [-0.15, -0.1) is 0 Å². The first-order chi connectivity index (χ1) is 11.6. The number of para-hydroxylation sites is 1. The number of benzene rings is 2. The minimum Gasteiger partial charge on any atom is -0.347 e. The zero-order valence-electron chi connectivity index (χ0n) is 13.4. The van der Waals surface area contributed by atoms with Gasteiger partial charge in [0.25, 0.3) is 0 Å². The van der Waals surface area contributed by atoms with Crippen LogP contribution in [-0.4, -0.2) is 22.0 Å². The zero-order valence-corrected chi connectivity index (χ0v) is 14.2. The Balaban J connectivity index is 1.58. The molecule has 4 nitrogen and oxygen atoms in total. The Hall–Kier alpha value is -2.46. The summed E-state index contributed by atoms with van der Waals surface area (Å²) < 4.78 is 2.25. The SMILES string of the molecule is Cn1c2c(c3ccccc31)CN(C(=O)Nc1ccc(Cl)cc1)CC2. The molecule has 0 atom stereocenters. The Morgan fingerprint density at radius 2 is 1.88 bits per heavy atom. The zero-order chi connectivity index (χ0) is 16.7. The summed E-state index contributed by atoms with van der Waals surface area (Å²) in [7, 11) is 2.10. The Morgan fingerprint density at radius 1 is 1.12 bits per heavy atom. The van der Waals surface area contributed by atoms with Crippen molar-refractivity contribution in [2.45, 2.75) is 13.0 Å². The summed E-state index contributed by atoms with van der Waals surface area (Å²) in [6.45, 7) is 1.35. The lowest BCUT2D eigenvalue weighted by molar-refractivity contribution is 0.206. The fourth-order valence-electron chi connectivity index (χ4n) is 3.44. The third-order valence-corrected chi connectivity index (χ3v) is 4.95. The highest BCUT2D eigenvalue weighted by Gasteiger charge is 2.25. The van der Waals surface area contributed by atoms with E-state index in [1.54, 1.807) is 12.1 Å². The maximum atomic E-state index is 12.6. The molecule has 2 amide bonds. The van der Waals surface area contributed by atoms with Gasteiger partial charge in [-0.05, 0) is 30.3 Å². The summed E-state index contributed by atoms with van der Waals surface area (Å²) in [4.78, 5) is 14.4. The van der Waals surface area contributed by atoms with Gasteiger partial charge in [0.1, 0.15) is 0 Å². The fraction of sp³-hybridized carbons (Fsp3) is 0.211. The summed E-state index contributed by atoms with van der Waals surface area (Å²) in [6.07, 6.45) is 0.870. The normalized spacial score (nSPS) is 13.8. The second-order valence-corrected chi connectivity index (χ2v) is 6.55. The number of halogens is 1. The summed E-state index contributed by atoms with van der Waals surface area (Å²) in [5.74, 6) is 0. The quantitative estimate of drug-likeness (QED) is 0.700. The van der Waals surface area contributed by atoms with Crippen molar-refractivity contribution in [3.63, 3.8) is 0 Å². The fourth-order valence-corrected chi connectivity index (χ4v) is 3.57. The number of fused-ring (bicyclic) bond motifs is 3. The number of urea groups is 1. The molecule has 24 heavy (non-hydrogen) atoms. The van der Waals surface area contributed by atoms with E-state index in [0.29, 0.717) is 11.6 Å². The lowest BCUT2D eigenvalue weighted by atomic mass is 10.0. The molecule has 5 heteroatoms. The number of nitrogens with zero attached hydrogens (tertiary/aromatic N) is 2. The maximum absolute atomic E-state index is 12.6. The number of carbonyl (C=O) groups excluding carboxylic acids is 1. The van der Waals surface area contributed by atoms with Crippen LogP contribution in [0.2, 0.25) is 5.02 Å². The van der Waals surface area contributed by atoms with Crippen LogP contribution in [0.1, 0.15) is 11.3 Å². The predicted octanol–water partition coefficient (Wildman–Crippen LogP) is 4.42. The standard InChI is InChI=1S/C19H18ClN3O/c1-22-17-5-3-2-4-15(17)16-12-23(11-10-18(16)22)19(24)21-14-8-6-13(20)7-9-14/h2-9H,10-12H2,1H3,(H,21,24). The van der Waals surface area contributed by atoms with Crippen molar-refractivity contribution in [2.75, 3.05) is 11.9 Å². The van der Waals surface area contributed by atoms with E-state index in [4.69, 9.17) is 11.6 Å². The molecule has 0 unspecified atom stereocenters. The Labute approximate surface area is 145 Å². The number of aryl methyl sites for hydroxylation is 1. The average molecular weight is 340 g/mol. The van der Waals surface area contributed by atoms with Crippen LogP contribution in [0.15, 0.2) is 48.5 Å². The molecule has 1 N–H and O–H groups in total. The van der Waals surface area contributed by atoms with Gasteiger partial charge >= 0.3 is 6.03 Å². The van der Waals surface area contributed by atoms with Gasteiger partial charge in [0.15, 0.2) is 0 Å². The lowest BCUT2D eigenvalue weighted by Gasteiger charge is -2.28. The first kappa shape index (κ1) is 15.1. The van der Waals surface area contributed by atoms with Crippen LogP contribution in [0.4, 0.5) is 10.5 Å². The van der Waals surface area contributed by atoms with Crippen molar-refractivity contribution in [3.05, 3.63) is 64.8 Å². The summed E-state index contributed by atoms with van der Waals surface area (Å²) >= 11 is 5.89. The van der Waals surface area contributed by atoms with E-state index >= 15 is 0 Å². The first-order valence-corrected chi connectivity index (χ1v) is 8.38. The molecule has 1 aliphatic rings. The number of amides is 2. The molecule has 2 heterocycles. The third kappa shape index (κ3) is 2.53. The highest BCUT2D eigenvalue weighted by atomic mass is 35.5. The molecule has 0 saturated heterocycles. The van der Waals surface area contributed by atoms with E-state index < -0.39 is 0 Å². The Morgan fingerprint density at radius 3 is 2.67 bits per heavy atom. The summed E-state index contributed by atoms with van der Waals surface area (Å²) in [5, 5.41) is 4.84. The molecule has 0 bridgehead atoms. The second kappa shape index (κ2) is 5.87.